The number of ether oxygens (including phenoxy) is 2. The normalized spacial score (nSPS) is 10.7. The SMILES string of the molecule is Fc1cc(OOOc2cc(F)c(F)c(F)c2Oc2ccccc2)c(Oc2ccccc2)c(F)c1F. The van der Waals surface area contributed by atoms with Crippen LogP contribution in [0.25, 0.3) is 0 Å². The van der Waals surface area contributed by atoms with E-state index in [1.54, 1.807) is 12.1 Å². The molecule has 5 nitrogen and oxygen atoms in total. The summed E-state index contributed by atoms with van der Waals surface area (Å²) in [5.74, 6) is -14.0. The Kier molecular flexibility index (Phi) is 6.97. The van der Waals surface area contributed by atoms with Gasteiger partial charge in [-0.1, -0.05) is 36.4 Å². The van der Waals surface area contributed by atoms with Crippen LogP contribution in [0.5, 0.6) is 34.5 Å². The van der Waals surface area contributed by atoms with Crippen LogP contribution in [0.4, 0.5) is 26.3 Å². The van der Waals surface area contributed by atoms with Crippen molar-refractivity contribution in [1.29, 1.82) is 0 Å². The molecule has 0 heterocycles. The highest BCUT2D eigenvalue weighted by Crippen LogP contribution is 2.39. The maximum atomic E-state index is 14.3. The van der Waals surface area contributed by atoms with Gasteiger partial charge in [0.1, 0.15) is 11.5 Å². The molecule has 0 aliphatic heterocycles. The molecule has 4 rings (SSSR count). The van der Waals surface area contributed by atoms with Crippen LogP contribution in [0.15, 0.2) is 72.8 Å². The molecule has 0 radical (unpaired) electrons. The van der Waals surface area contributed by atoms with Gasteiger partial charge in [0.25, 0.3) is 0 Å². The van der Waals surface area contributed by atoms with E-state index in [2.05, 4.69) is 14.8 Å². The van der Waals surface area contributed by atoms with E-state index in [0.717, 1.165) is 0 Å². The predicted octanol–water partition coefficient (Wildman–Crippen LogP) is 7.41. The van der Waals surface area contributed by atoms with E-state index in [-0.39, 0.29) is 11.5 Å². The average Bonchev–Trinajstić information content (AvgIpc) is 2.87. The fourth-order valence-electron chi connectivity index (χ4n) is 2.73. The van der Waals surface area contributed by atoms with Gasteiger partial charge in [-0.2, -0.15) is 8.78 Å². The van der Waals surface area contributed by atoms with E-state index in [0.29, 0.717) is 12.1 Å². The monoisotopic (exact) mass is 494 g/mol. The molecule has 0 fully saturated rings. The molecule has 0 spiro atoms. The summed E-state index contributed by atoms with van der Waals surface area (Å²) in [6.07, 6.45) is 0. The van der Waals surface area contributed by atoms with Crippen molar-refractivity contribution in [3.05, 3.63) is 108 Å². The summed E-state index contributed by atoms with van der Waals surface area (Å²) in [7, 11) is 0. The first-order valence-electron chi connectivity index (χ1n) is 9.67. The summed E-state index contributed by atoms with van der Waals surface area (Å²) < 4.78 is 94.1. The minimum atomic E-state index is -1.86. The van der Waals surface area contributed by atoms with Crippen molar-refractivity contribution in [2.24, 2.45) is 0 Å². The molecule has 0 bridgehead atoms. The Morgan fingerprint density at radius 3 is 1.20 bits per heavy atom. The lowest BCUT2D eigenvalue weighted by Gasteiger charge is -2.14. The highest BCUT2D eigenvalue weighted by atomic mass is 19.2. The minimum absolute atomic E-state index is 0.0319. The largest absolute Gasteiger partial charge is 0.450 e. The number of benzene rings is 4. The third-order valence-electron chi connectivity index (χ3n) is 4.34. The second-order valence-corrected chi connectivity index (χ2v) is 6.69. The molecule has 0 amide bonds. The first-order valence-corrected chi connectivity index (χ1v) is 9.67. The van der Waals surface area contributed by atoms with Crippen molar-refractivity contribution in [3.8, 4) is 34.5 Å². The van der Waals surface area contributed by atoms with Gasteiger partial charge in [-0.05, 0) is 24.3 Å². The quantitative estimate of drug-likeness (QED) is 0.111. The van der Waals surface area contributed by atoms with Gasteiger partial charge in [-0.15, -0.1) is 0 Å². The summed E-state index contributed by atoms with van der Waals surface area (Å²) >= 11 is 0. The van der Waals surface area contributed by atoms with Crippen molar-refractivity contribution in [2.75, 3.05) is 0 Å². The smallest absolute Gasteiger partial charge is 0.218 e. The van der Waals surface area contributed by atoms with Crippen molar-refractivity contribution in [2.45, 2.75) is 0 Å². The van der Waals surface area contributed by atoms with Crippen molar-refractivity contribution in [3.63, 3.8) is 0 Å². The summed E-state index contributed by atoms with van der Waals surface area (Å²) in [5, 5.41) is 4.39. The summed E-state index contributed by atoms with van der Waals surface area (Å²) in [4.78, 5) is 9.31. The van der Waals surface area contributed by atoms with Gasteiger partial charge in [0.15, 0.2) is 23.3 Å². The predicted molar refractivity (Wildman–Crippen MR) is 108 cm³/mol. The maximum Gasteiger partial charge on any atom is 0.218 e. The van der Waals surface area contributed by atoms with Crippen LogP contribution in [0.3, 0.4) is 0 Å². The van der Waals surface area contributed by atoms with E-state index < -0.39 is 57.9 Å². The van der Waals surface area contributed by atoms with Crippen LogP contribution in [0.1, 0.15) is 0 Å². The fraction of sp³-hybridized carbons (Fsp3) is 0. The maximum absolute atomic E-state index is 14.3. The zero-order valence-electron chi connectivity index (χ0n) is 17.2. The highest BCUT2D eigenvalue weighted by molar-refractivity contribution is 5.46. The molecule has 11 heteroatoms. The van der Waals surface area contributed by atoms with Gasteiger partial charge in [-0.25, -0.2) is 17.6 Å². The Morgan fingerprint density at radius 2 is 0.829 bits per heavy atom. The summed E-state index contributed by atoms with van der Waals surface area (Å²) in [6, 6.07) is 15.7. The van der Waals surface area contributed by atoms with Crippen LogP contribution in [0, 0.1) is 34.9 Å². The van der Waals surface area contributed by atoms with Crippen LogP contribution >= 0.6 is 0 Å². The molecule has 0 aliphatic rings. The third kappa shape index (κ3) is 5.25. The first-order chi connectivity index (χ1) is 16.8. The average molecular weight is 494 g/mol. The van der Waals surface area contributed by atoms with Crippen LogP contribution < -0.4 is 19.2 Å². The lowest BCUT2D eigenvalue weighted by molar-refractivity contribution is -0.412. The second kappa shape index (κ2) is 10.3. The van der Waals surface area contributed by atoms with Crippen molar-refractivity contribution in [1.82, 2.24) is 0 Å². The van der Waals surface area contributed by atoms with Gasteiger partial charge in [-0.3, -0.25) is 9.78 Å². The zero-order chi connectivity index (χ0) is 24.9. The third-order valence-corrected chi connectivity index (χ3v) is 4.34. The van der Waals surface area contributed by atoms with Gasteiger partial charge >= 0.3 is 0 Å². The standard InChI is InChI=1S/C24H12F6O5/c25-15-11-17(23(21(29)19(15)27)31-13-7-3-1-4-8-13)33-35-34-18-12-16(26)20(28)22(30)24(18)32-14-9-5-2-6-10-14/h1-12H. The van der Waals surface area contributed by atoms with Crippen LogP contribution in [-0.2, 0) is 5.04 Å². The fourth-order valence-corrected chi connectivity index (χ4v) is 2.73. The van der Waals surface area contributed by atoms with E-state index in [1.807, 2.05) is 0 Å². The Bertz CT molecular complexity index is 1230. The summed E-state index contributed by atoms with van der Waals surface area (Å²) in [6.45, 7) is 0. The molecule has 0 saturated carbocycles. The van der Waals surface area contributed by atoms with E-state index in [4.69, 9.17) is 9.47 Å². The van der Waals surface area contributed by atoms with Gasteiger partial charge in [0, 0.05) is 17.2 Å². The van der Waals surface area contributed by atoms with Crippen molar-refractivity contribution >= 4 is 0 Å². The number of hydrogen-bond donors (Lipinski definition) is 0. The Hall–Kier alpha value is -4.38. The first kappa shape index (κ1) is 23.8. The molecule has 0 unspecified atom stereocenters. The summed E-state index contributed by atoms with van der Waals surface area (Å²) in [5.41, 5.74) is 0. The Balaban J connectivity index is 1.59. The number of halogens is 6. The molecule has 0 aliphatic carbocycles. The molecule has 0 N–H and O–H groups in total. The Labute approximate surface area is 193 Å². The Morgan fingerprint density at radius 1 is 0.457 bits per heavy atom. The molecule has 4 aromatic carbocycles. The molecular formula is C24H12F6O5. The molecule has 0 aromatic heterocycles. The number of rotatable bonds is 8. The van der Waals surface area contributed by atoms with Gasteiger partial charge in [0.2, 0.25) is 34.6 Å². The van der Waals surface area contributed by atoms with E-state index in [9.17, 15) is 26.3 Å². The lowest BCUT2D eigenvalue weighted by atomic mass is 10.2. The lowest BCUT2D eigenvalue weighted by Crippen LogP contribution is -2.08. The number of hydrogen-bond acceptors (Lipinski definition) is 5. The molecule has 0 saturated heterocycles. The van der Waals surface area contributed by atoms with Crippen LogP contribution in [-0.4, -0.2) is 0 Å². The minimum Gasteiger partial charge on any atom is -0.450 e. The molecular weight excluding hydrogens is 482 g/mol. The zero-order valence-corrected chi connectivity index (χ0v) is 17.2. The van der Waals surface area contributed by atoms with Gasteiger partial charge < -0.3 is 9.47 Å². The molecule has 4 aromatic rings. The highest BCUT2D eigenvalue weighted by Gasteiger charge is 2.26. The number of para-hydroxylation sites is 2. The molecule has 35 heavy (non-hydrogen) atoms. The van der Waals surface area contributed by atoms with E-state index >= 15 is 0 Å². The second-order valence-electron chi connectivity index (χ2n) is 6.69. The van der Waals surface area contributed by atoms with Crippen molar-refractivity contribution < 1.29 is 50.6 Å². The van der Waals surface area contributed by atoms with Crippen LogP contribution in [0.2, 0.25) is 0 Å². The topological polar surface area (TPSA) is 46.2 Å². The molecule has 0 atom stereocenters. The van der Waals surface area contributed by atoms with E-state index in [1.165, 1.54) is 48.5 Å². The molecule has 180 valence electrons. The van der Waals surface area contributed by atoms with Gasteiger partial charge in [0.05, 0.1) is 0 Å².